The number of hydrogen-bond acceptors (Lipinski definition) is 1. The maximum absolute atomic E-state index is 11.2. The Labute approximate surface area is 66.0 Å². The Hall–Kier alpha value is -1.24. The van der Waals surface area contributed by atoms with Gasteiger partial charge >= 0.3 is 0 Å². The maximum atomic E-state index is 11.2. The summed E-state index contributed by atoms with van der Waals surface area (Å²) < 4.78 is 0. The van der Waals surface area contributed by atoms with Crippen LogP contribution in [0.2, 0.25) is 0 Å². The van der Waals surface area contributed by atoms with E-state index < -0.39 is 0 Å². The highest BCUT2D eigenvalue weighted by atomic mass is 16.3. The van der Waals surface area contributed by atoms with Gasteiger partial charge in [-0.1, -0.05) is 30.4 Å². The third-order valence-corrected chi connectivity index (χ3v) is 2.03. The molecule has 0 bridgehead atoms. The molecule has 0 spiro atoms. The van der Waals surface area contributed by atoms with Crippen LogP contribution in [0, 0.1) is 0 Å². The maximum Gasteiger partial charge on any atom is -0.0234 e. The Kier molecular flexibility index (Phi) is 1.42. The van der Waals surface area contributed by atoms with Crippen molar-refractivity contribution in [2.75, 3.05) is 0 Å². The smallest absolute Gasteiger partial charge is 0.0234 e. The van der Waals surface area contributed by atoms with Crippen LogP contribution >= 0.6 is 0 Å². The lowest BCUT2D eigenvalue weighted by Gasteiger charge is -2.17. The first kappa shape index (κ1) is 6.47. The van der Waals surface area contributed by atoms with Crippen molar-refractivity contribution >= 4 is 6.08 Å². The lowest BCUT2D eigenvalue weighted by Crippen LogP contribution is -2.01. The third-order valence-electron chi connectivity index (χ3n) is 2.03. The minimum absolute atomic E-state index is 0.187. The van der Waals surface area contributed by atoms with E-state index in [1.807, 2.05) is 18.2 Å². The molecular formula is C10H9O-. The number of benzene rings is 1. The van der Waals surface area contributed by atoms with E-state index >= 15 is 0 Å². The minimum Gasteiger partial charge on any atom is -0.872 e. The molecule has 0 saturated heterocycles. The zero-order valence-corrected chi connectivity index (χ0v) is 6.21. The molecule has 1 aromatic rings. The van der Waals surface area contributed by atoms with Gasteiger partial charge in [0.2, 0.25) is 0 Å². The second kappa shape index (κ2) is 2.42. The van der Waals surface area contributed by atoms with Crippen molar-refractivity contribution in [2.45, 2.75) is 12.8 Å². The summed E-state index contributed by atoms with van der Waals surface area (Å²) in [5.74, 6) is 0.187. The van der Waals surface area contributed by atoms with Crippen LogP contribution in [0.1, 0.15) is 17.5 Å². The van der Waals surface area contributed by atoms with Gasteiger partial charge in [-0.05, 0) is 24.0 Å². The van der Waals surface area contributed by atoms with Crippen molar-refractivity contribution < 1.29 is 5.11 Å². The highest BCUT2D eigenvalue weighted by Crippen LogP contribution is 2.24. The van der Waals surface area contributed by atoms with Crippen LogP contribution in [0.5, 0.6) is 5.75 Å². The van der Waals surface area contributed by atoms with Crippen molar-refractivity contribution in [3.8, 4) is 5.75 Å². The first-order chi connectivity index (χ1) is 5.38. The standard InChI is InChI=1S/C10H10O/c11-10-7-3-5-8-4-1-2-6-9(8)10/h1,3-5,7,11H,2,6H2/p-1. The van der Waals surface area contributed by atoms with Gasteiger partial charge < -0.3 is 5.11 Å². The second-order valence-electron chi connectivity index (χ2n) is 2.76. The van der Waals surface area contributed by atoms with Crippen molar-refractivity contribution in [3.63, 3.8) is 0 Å². The van der Waals surface area contributed by atoms with E-state index in [0.717, 1.165) is 24.0 Å². The fourth-order valence-electron chi connectivity index (χ4n) is 1.44. The predicted octanol–water partition coefficient (Wildman–Crippen LogP) is 1.72. The molecule has 0 saturated carbocycles. The number of hydrogen-bond donors (Lipinski definition) is 0. The molecule has 56 valence electrons. The van der Waals surface area contributed by atoms with E-state index in [-0.39, 0.29) is 5.75 Å². The van der Waals surface area contributed by atoms with E-state index in [1.165, 1.54) is 0 Å². The molecule has 0 N–H and O–H groups in total. The Bertz CT molecular complexity index is 300. The van der Waals surface area contributed by atoms with E-state index in [9.17, 15) is 5.11 Å². The number of rotatable bonds is 0. The van der Waals surface area contributed by atoms with Gasteiger partial charge in [0.05, 0.1) is 0 Å². The molecule has 0 amide bonds. The SMILES string of the molecule is [O-]c1cccc2c1CCC=C2. The summed E-state index contributed by atoms with van der Waals surface area (Å²) in [6, 6.07) is 5.45. The molecule has 1 aliphatic carbocycles. The molecule has 0 aromatic heterocycles. The second-order valence-corrected chi connectivity index (χ2v) is 2.76. The fourth-order valence-corrected chi connectivity index (χ4v) is 1.44. The topological polar surface area (TPSA) is 23.1 Å². The van der Waals surface area contributed by atoms with Gasteiger partial charge in [0.1, 0.15) is 0 Å². The first-order valence-corrected chi connectivity index (χ1v) is 3.83. The summed E-state index contributed by atoms with van der Waals surface area (Å²) >= 11 is 0. The van der Waals surface area contributed by atoms with E-state index in [1.54, 1.807) is 6.07 Å². The summed E-state index contributed by atoms with van der Waals surface area (Å²) in [7, 11) is 0. The van der Waals surface area contributed by atoms with E-state index in [0.29, 0.717) is 0 Å². The molecule has 2 rings (SSSR count). The van der Waals surface area contributed by atoms with Crippen molar-refractivity contribution in [1.82, 2.24) is 0 Å². The lowest BCUT2D eigenvalue weighted by atomic mass is 9.97. The van der Waals surface area contributed by atoms with E-state index in [2.05, 4.69) is 6.08 Å². The van der Waals surface area contributed by atoms with Crippen LogP contribution in [0.15, 0.2) is 24.3 Å². The van der Waals surface area contributed by atoms with Gasteiger partial charge in [-0.25, -0.2) is 0 Å². The summed E-state index contributed by atoms with van der Waals surface area (Å²) in [6.45, 7) is 0. The normalized spacial score (nSPS) is 14.5. The number of allylic oxidation sites excluding steroid dienone is 1. The van der Waals surface area contributed by atoms with Gasteiger partial charge in [0.25, 0.3) is 0 Å². The molecule has 0 unspecified atom stereocenters. The van der Waals surface area contributed by atoms with Gasteiger partial charge in [0.15, 0.2) is 0 Å². The zero-order chi connectivity index (χ0) is 7.68. The monoisotopic (exact) mass is 145 g/mol. The molecule has 1 nitrogen and oxygen atoms in total. The Morgan fingerprint density at radius 1 is 1.27 bits per heavy atom. The van der Waals surface area contributed by atoms with Crippen LogP contribution in [-0.4, -0.2) is 0 Å². The average Bonchev–Trinajstić information content (AvgIpc) is 2.06. The quantitative estimate of drug-likeness (QED) is 0.545. The highest BCUT2D eigenvalue weighted by Gasteiger charge is 2.02. The molecule has 1 aromatic carbocycles. The van der Waals surface area contributed by atoms with Crippen LogP contribution in [0.25, 0.3) is 6.08 Å². The van der Waals surface area contributed by atoms with Crippen molar-refractivity contribution in [1.29, 1.82) is 0 Å². The molecule has 0 fully saturated rings. The first-order valence-electron chi connectivity index (χ1n) is 3.83. The molecule has 0 heterocycles. The predicted molar refractivity (Wildman–Crippen MR) is 43.2 cm³/mol. The highest BCUT2D eigenvalue weighted by molar-refractivity contribution is 5.59. The summed E-state index contributed by atoms with van der Waals surface area (Å²) in [5.41, 5.74) is 2.08. The third kappa shape index (κ3) is 1.03. The largest absolute Gasteiger partial charge is 0.872 e. The lowest BCUT2D eigenvalue weighted by molar-refractivity contribution is -0.269. The van der Waals surface area contributed by atoms with Crippen LogP contribution in [0.3, 0.4) is 0 Å². The minimum atomic E-state index is 0.187. The van der Waals surface area contributed by atoms with Gasteiger partial charge in [-0.3, -0.25) is 0 Å². The van der Waals surface area contributed by atoms with Crippen molar-refractivity contribution in [3.05, 3.63) is 35.4 Å². The summed E-state index contributed by atoms with van der Waals surface area (Å²) in [6.07, 6.45) is 6.06. The molecule has 0 aliphatic heterocycles. The van der Waals surface area contributed by atoms with Gasteiger partial charge in [-0.2, -0.15) is 0 Å². The van der Waals surface area contributed by atoms with Crippen LogP contribution in [0.4, 0.5) is 0 Å². The zero-order valence-electron chi connectivity index (χ0n) is 6.21. The van der Waals surface area contributed by atoms with Gasteiger partial charge in [-0.15, -0.1) is 5.75 Å². The molecule has 1 heteroatoms. The number of fused-ring (bicyclic) bond motifs is 1. The van der Waals surface area contributed by atoms with Crippen LogP contribution < -0.4 is 5.11 Å². The molecular weight excluding hydrogens is 136 g/mol. The van der Waals surface area contributed by atoms with E-state index in [4.69, 9.17) is 0 Å². The van der Waals surface area contributed by atoms with Crippen LogP contribution in [-0.2, 0) is 6.42 Å². The molecule has 0 atom stereocenters. The fraction of sp³-hybridized carbons (Fsp3) is 0.200. The molecule has 11 heavy (non-hydrogen) atoms. The van der Waals surface area contributed by atoms with Crippen molar-refractivity contribution in [2.24, 2.45) is 0 Å². The molecule has 0 radical (unpaired) electrons. The molecule has 1 aliphatic rings. The Morgan fingerprint density at radius 3 is 3.00 bits per heavy atom. The van der Waals surface area contributed by atoms with Gasteiger partial charge in [0, 0.05) is 0 Å². The average molecular weight is 145 g/mol. The Balaban J connectivity index is 2.60. The Morgan fingerprint density at radius 2 is 2.18 bits per heavy atom. The summed E-state index contributed by atoms with van der Waals surface area (Å²) in [5, 5.41) is 11.2. The summed E-state index contributed by atoms with van der Waals surface area (Å²) in [4.78, 5) is 0.